The Morgan fingerprint density at radius 3 is 2.67 bits per heavy atom. The predicted molar refractivity (Wildman–Crippen MR) is 79.1 cm³/mol. The van der Waals surface area contributed by atoms with Gasteiger partial charge in [-0.15, -0.1) is 0 Å². The highest BCUT2D eigenvalue weighted by atomic mass is 16.5. The maximum absolute atomic E-state index is 11.7. The number of amides is 2. The molecule has 0 heterocycles. The van der Waals surface area contributed by atoms with E-state index in [0.29, 0.717) is 19.4 Å². The number of carbonyl (C=O) groups is 2. The number of hydrogen-bond donors (Lipinski definition) is 3. The van der Waals surface area contributed by atoms with Gasteiger partial charge in [0.2, 0.25) is 11.8 Å². The maximum atomic E-state index is 11.7. The Balaban J connectivity index is 2.20. The van der Waals surface area contributed by atoms with Crippen molar-refractivity contribution in [3.8, 4) is 0 Å². The number of benzene rings is 1. The monoisotopic (exact) mass is 294 g/mol. The van der Waals surface area contributed by atoms with Crippen LogP contribution < -0.4 is 10.8 Å². The van der Waals surface area contributed by atoms with Crippen molar-refractivity contribution in [3.63, 3.8) is 0 Å². The van der Waals surface area contributed by atoms with E-state index in [1.54, 1.807) is 5.48 Å². The first-order valence-electron chi connectivity index (χ1n) is 6.90. The summed E-state index contributed by atoms with van der Waals surface area (Å²) in [6.07, 6.45) is 1.50. The molecule has 3 N–H and O–H groups in total. The fourth-order valence-corrected chi connectivity index (χ4v) is 1.77. The molecule has 0 aliphatic rings. The van der Waals surface area contributed by atoms with Gasteiger partial charge in [0.1, 0.15) is 6.61 Å². The first kappa shape index (κ1) is 17.1. The first-order valence-corrected chi connectivity index (χ1v) is 6.90. The fraction of sp³-hybridized carbons (Fsp3) is 0.467. The van der Waals surface area contributed by atoms with E-state index < -0.39 is 5.91 Å². The van der Waals surface area contributed by atoms with Crippen molar-refractivity contribution in [1.82, 2.24) is 5.48 Å². The van der Waals surface area contributed by atoms with Crippen molar-refractivity contribution < 1.29 is 19.5 Å². The molecule has 0 radical (unpaired) electrons. The second-order valence-corrected chi connectivity index (χ2v) is 4.91. The molecule has 0 spiro atoms. The van der Waals surface area contributed by atoms with Gasteiger partial charge < -0.3 is 10.1 Å². The third-order valence-corrected chi connectivity index (χ3v) is 2.97. The van der Waals surface area contributed by atoms with Gasteiger partial charge in [-0.25, -0.2) is 5.48 Å². The summed E-state index contributed by atoms with van der Waals surface area (Å²) >= 11 is 0. The van der Waals surface area contributed by atoms with Crippen LogP contribution in [0.4, 0.5) is 5.69 Å². The molecule has 0 aromatic heterocycles. The Morgan fingerprint density at radius 1 is 1.19 bits per heavy atom. The third-order valence-electron chi connectivity index (χ3n) is 2.97. The summed E-state index contributed by atoms with van der Waals surface area (Å²) in [5.41, 5.74) is 4.45. The molecule has 0 unspecified atom stereocenters. The number of anilines is 1. The van der Waals surface area contributed by atoms with Gasteiger partial charge in [0.25, 0.3) is 0 Å². The fourth-order valence-electron chi connectivity index (χ4n) is 1.77. The Kier molecular flexibility index (Phi) is 7.42. The Labute approximate surface area is 124 Å². The molecule has 6 nitrogen and oxygen atoms in total. The standard InChI is InChI=1S/C15H22N2O4/c1-11-6-7-12(2)13(9-11)16-15(19)10-21-8-4-3-5-14(18)17-20/h6-7,9,20H,3-5,8,10H2,1-2H3,(H,16,19)(H,17,18). The highest BCUT2D eigenvalue weighted by Crippen LogP contribution is 2.16. The zero-order chi connectivity index (χ0) is 15.7. The predicted octanol–water partition coefficient (Wildman–Crippen LogP) is 1.93. The number of nitrogens with one attached hydrogen (secondary N) is 2. The zero-order valence-corrected chi connectivity index (χ0v) is 12.4. The van der Waals surface area contributed by atoms with Crippen LogP contribution in [-0.4, -0.2) is 30.2 Å². The van der Waals surface area contributed by atoms with Crippen LogP contribution in [0.1, 0.15) is 30.4 Å². The van der Waals surface area contributed by atoms with Gasteiger partial charge in [0.15, 0.2) is 0 Å². The van der Waals surface area contributed by atoms with Gasteiger partial charge in [-0.3, -0.25) is 14.8 Å². The molecule has 6 heteroatoms. The smallest absolute Gasteiger partial charge is 0.250 e. The number of hydrogen-bond acceptors (Lipinski definition) is 4. The average molecular weight is 294 g/mol. The van der Waals surface area contributed by atoms with Gasteiger partial charge in [-0.2, -0.15) is 0 Å². The van der Waals surface area contributed by atoms with Crippen molar-refractivity contribution in [2.45, 2.75) is 33.1 Å². The second-order valence-electron chi connectivity index (χ2n) is 4.91. The molecular formula is C15H22N2O4. The van der Waals surface area contributed by atoms with Crippen molar-refractivity contribution in [2.75, 3.05) is 18.5 Å². The van der Waals surface area contributed by atoms with Gasteiger partial charge in [-0.05, 0) is 43.9 Å². The molecule has 21 heavy (non-hydrogen) atoms. The summed E-state index contributed by atoms with van der Waals surface area (Å²) in [5, 5.41) is 11.1. The van der Waals surface area contributed by atoms with Crippen molar-refractivity contribution >= 4 is 17.5 Å². The summed E-state index contributed by atoms with van der Waals surface area (Å²) in [4.78, 5) is 22.5. The lowest BCUT2D eigenvalue weighted by molar-refractivity contribution is -0.129. The quantitative estimate of drug-likeness (QED) is 0.388. The van der Waals surface area contributed by atoms with Crippen LogP contribution in [-0.2, 0) is 14.3 Å². The van der Waals surface area contributed by atoms with Gasteiger partial charge in [0.05, 0.1) is 0 Å². The lowest BCUT2D eigenvalue weighted by atomic mass is 10.1. The van der Waals surface area contributed by atoms with Gasteiger partial charge in [0, 0.05) is 18.7 Å². The zero-order valence-electron chi connectivity index (χ0n) is 12.4. The summed E-state index contributed by atoms with van der Waals surface area (Å²) in [5.74, 6) is -0.612. The van der Waals surface area contributed by atoms with E-state index in [4.69, 9.17) is 9.94 Å². The van der Waals surface area contributed by atoms with E-state index in [0.717, 1.165) is 16.8 Å². The molecule has 2 amide bonds. The molecule has 0 bridgehead atoms. The van der Waals surface area contributed by atoms with Crippen LogP contribution in [0.25, 0.3) is 0 Å². The topological polar surface area (TPSA) is 87.7 Å². The number of ether oxygens (including phenoxy) is 1. The van der Waals surface area contributed by atoms with Crippen LogP contribution in [0.2, 0.25) is 0 Å². The maximum Gasteiger partial charge on any atom is 0.250 e. The molecule has 0 atom stereocenters. The molecule has 0 aliphatic heterocycles. The lowest BCUT2D eigenvalue weighted by Gasteiger charge is -2.09. The summed E-state index contributed by atoms with van der Waals surface area (Å²) in [7, 11) is 0. The Morgan fingerprint density at radius 2 is 1.95 bits per heavy atom. The molecule has 0 saturated heterocycles. The minimum atomic E-state index is -0.414. The van der Waals surface area contributed by atoms with Crippen LogP contribution in [0.5, 0.6) is 0 Å². The molecule has 116 valence electrons. The number of rotatable bonds is 8. The number of hydroxylamine groups is 1. The average Bonchev–Trinajstić information content (AvgIpc) is 2.46. The normalized spacial score (nSPS) is 10.2. The highest BCUT2D eigenvalue weighted by Gasteiger charge is 2.05. The summed E-state index contributed by atoms with van der Waals surface area (Å²) in [6, 6.07) is 5.86. The van der Waals surface area contributed by atoms with E-state index >= 15 is 0 Å². The number of unbranched alkanes of at least 4 members (excludes halogenated alkanes) is 1. The summed E-state index contributed by atoms with van der Waals surface area (Å²) < 4.78 is 5.25. The lowest BCUT2D eigenvalue weighted by Crippen LogP contribution is -2.20. The SMILES string of the molecule is Cc1ccc(C)c(NC(=O)COCCCCC(=O)NO)c1. The largest absolute Gasteiger partial charge is 0.372 e. The molecule has 0 saturated carbocycles. The van der Waals surface area contributed by atoms with Crippen molar-refractivity contribution in [3.05, 3.63) is 29.3 Å². The molecule has 1 aromatic carbocycles. The molecule has 1 aromatic rings. The molecule has 1 rings (SSSR count). The third kappa shape index (κ3) is 6.87. The first-order chi connectivity index (χ1) is 10.0. The van der Waals surface area contributed by atoms with Crippen molar-refractivity contribution in [2.24, 2.45) is 0 Å². The van der Waals surface area contributed by atoms with E-state index in [-0.39, 0.29) is 18.9 Å². The minimum Gasteiger partial charge on any atom is -0.372 e. The Hall–Kier alpha value is -1.92. The van der Waals surface area contributed by atoms with E-state index in [9.17, 15) is 9.59 Å². The molecule has 0 aliphatic carbocycles. The van der Waals surface area contributed by atoms with Crippen LogP contribution in [0, 0.1) is 13.8 Å². The Bertz CT molecular complexity index is 489. The number of carbonyl (C=O) groups excluding carboxylic acids is 2. The van der Waals surface area contributed by atoms with Crippen LogP contribution in [0.3, 0.4) is 0 Å². The second kappa shape index (κ2) is 9.10. The van der Waals surface area contributed by atoms with Gasteiger partial charge in [-0.1, -0.05) is 12.1 Å². The van der Waals surface area contributed by atoms with Crippen LogP contribution >= 0.6 is 0 Å². The van der Waals surface area contributed by atoms with E-state index in [1.165, 1.54) is 0 Å². The molecule has 0 fully saturated rings. The van der Waals surface area contributed by atoms with Crippen molar-refractivity contribution in [1.29, 1.82) is 0 Å². The number of aryl methyl sites for hydroxylation is 2. The highest BCUT2D eigenvalue weighted by molar-refractivity contribution is 5.92. The van der Waals surface area contributed by atoms with E-state index in [1.807, 2.05) is 32.0 Å². The molecular weight excluding hydrogens is 272 g/mol. The summed E-state index contributed by atoms with van der Waals surface area (Å²) in [6.45, 7) is 4.29. The van der Waals surface area contributed by atoms with Crippen LogP contribution in [0.15, 0.2) is 18.2 Å². The van der Waals surface area contributed by atoms with Gasteiger partial charge >= 0.3 is 0 Å². The van der Waals surface area contributed by atoms with E-state index in [2.05, 4.69) is 5.32 Å². The minimum absolute atomic E-state index is 0.0143.